The van der Waals surface area contributed by atoms with Gasteiger partial charge in [-0.15, -0.1) is 0 Å². The Morgan fingerprint density at radius 2 is 1.74 bits per heavy atom. The minimum absolute atomic E-state index is 0.550. The Bertz CT molecular complexity index is 487. The average Bonchev–Trinajstić information content (AvgIpc) is 2.38. The lowest BCUT2D eigenvalue weighted by atomic mass is 9.72. The molecule has 1 unspecified atom stereocenters. The van der Waals surface area contributed by atoms with Crippen LogP contribution >= 0.6 is 0 Å². The van der Waals surface area contributed by atoms with Crippen molar-refractivity contribution in [2.24, 2.45) is 5.41 Å². The first-order valence-corrected chi connectivity index (χ1v) is 6.75. The lowest BCUT2D eigenvalue weighted by Crippen LogP contribution is -2.35. The number of rotatable bonds is 2. The summed E-state index contributed by atoms with van der Waals surface area (Å²) in [6.07, 6.45) is 0.455. The summed E-state index contributed by atoms with van der Waals surface area (Å²) in [6.45, 7) is 7.15. The summed E-state index contributed by atoms with van der Waals surface area (Å²) in [7, 11) is 0. The van der Waals surface area contributed by atoms with E-state index < -0.39 is 11.5 Å². The number of aryl methyl sites for hydroxylation is 3. The zero-order valence-corrected chi connectivity index (χ0v) is 11.9. The van der Waals surface area contributed by atoms with Crippen molar-refractivity contribution in [1.29, 1.82) is 5.26 Å². The van der Waals surface area contributed by atoms with Crippen LogP contribution < -0.4 is 0 Å². The van der Waals surface area contributed by atoms with Crippen LogP contribution in [0.1, 0.15) is 41.2 Å². The lowest BCUT2D eigenvalue weighted by molar-refractivity contribution is -0.0314. The second-order valence-electron chi connectivity index (χ2n) is 5.60. The van der Waals surface area contributed by atoms with Crippen LogP contribution in [0.4, 0.5) is 0 Å². The third-order valence-corrected chi connectivity index (χ3v) is 4.14. The van der Waals surface area contributed by atoms with E-state index in [9.17, 15) is 10.4 Å². The van der Waals surface area contributed by atoms with Gasteiger partial charge in [-0.05, 0) is 50.3 Å². The monoisotopic (exact) mass is 259 g/mol. The summed E-state index contributed by atoms with van der Waals surface area (Å²) >= 11 is 0. The summed E-state index contributed by atoms with van der Waals surface area (Å²) in [5, 5.41) is 20.3. The molecule has 1 aromatic rings. The molecule has 1 heterocycles. The summed E-state index contributed by atoms with van der Waals surface area (Å²) in [4.78, 5) is 0. The molecule has 0 aromatic heterocycles. The highest BCUT2D eigenvalue weighted by Gasteiger charge is 2.41. The van der Waals surface area contributed by atoms with Crippen LogP contribution in [-0.4, -0.2) is 18.3 Å². The molecule has 0 radical (unpaired) electrons. The van der Waals surface area contributed by atoms with Crippen molar-refractivity contribution < 1.29 is 9.84 Å². The van der Waals surface area contributed by atoms with Crippen LogP contribution in [0.2, 0.25) is 0 Å². The third kappa shape index (κ3) is 2.51. The number of aliphatic hydroxyl groups excluding tert-OH is 1. The van der Waals surface area contributed by atoms with E-state index in [4.69, 9.17) is 4.74 Å². The maximum Gasteiger partial charge on any atom is 0.0983 e. The highest BCUT2D eigenvalue weighted by atomic mass is 16.5. The molecule has 2 rings (SSSR count). The van der Waals surface area contributed by atoms with Gasteiger partial charge < -0.3 is 9.84 Å². The molecule has 1 aliphatic rings. The van der Waals surface area contributed by atoms with Crippen LogP contribution in [0.5, 0.6) is 0 Å². The van der Waals surface area contributed by atoms with Gasteiger partial charge in [0.25, 0.3) is 0 Å². The smallest absolute Gasteiger partial charge is 0.0983 e. The molecule has 102 valence electrons. The topological polar surface area (TPSA) is 53.2 Å². The molecule has 1 fully saturated rings. The van der Waals surface area contributed by atoms with Crippen LogP contribution in [0.15, 0.2) is 12.1 Å². The SMILES string of the molecule is Cc1cc(C)c(C(O)C2(C#N)CCOCC2)c(C)c1. The van der Waals surface area contributed by atoms with E-state index >= 15 is 0 Å². The predicted molar refractivity (Wildman–Crippen MR) is 73.7 cm³/mol. The van der Waals surface area contributed by atoms with E-state index in [2.05, 4.69) is 18.2 Å². The molecule has 1 aliphatic heterocycles. The number of aliphatic hydroxyl groups is 1. The first kappa shape index (κ1) is 14.0. The lowest BCUT2D eigenvalue weighted by Gasteiger charge is -2.36. The van der Waals surface area contributed by atoms with Crippen molar-refractivity contribution in [2.45, 2.75) is 39.7 Å². The van der Waals surface area contributed by atoms with Gasteiger partial charge >= 0.3 is 0 Å². The summed E-state index contributed by atoms with van der Waals surface area (Å²) < 4.78 is 5.33. The maximum absolute atomic E-state index is 10.8. The van der Waals surface area contributed by atoms with Gasteiger partial charge in [0.2, 0.25) is 0 Å². The first-order chi connectivity index (χ1) is 9.00. The Balaban J connectivity index is 2.43. The molecule has 0 spiro atoms. The second-order valence-corrected chi connectivity index (χ2v) is 5.60. The molecule has 0 saturated carbocycles. The van der Waals surface area contributed by atoms with Gasteiger partial charge in [0.05, 0.1) is 17.6 Å². The minimum Gasteiger partial charge on any atom is -0.387 e. The zero-order chi connectivity index (χ0) is 14.0. The van der Waals surface area contributed by atoms with Gasteiger partial charge in [-0.1, -0.05) is 17.7 Å². The predicted octanol–water partition coefficient (Wildman–Crippen LogP) is 2.97. The Hall–Kier alpha value is -1.37. The van der Waals surface area contributed by atoms with E-state index in [-0.39, 0.29) is 0 Å². The number of hydrogen-bond donors (Lipinski definition) is 1. The van der Waals surface area contributed by atoms with E-state index in [1.807, 2.05) is 20.8 Å². The van der Waals surface area contributed by atoms with Gasteiger partial charge in [-0.2, -0.15) is 5.26 Å². The van der Waals surface area contributed by atoms with Gasteiger partial charge in [-0.3, -0.25) is 0 Å². The van der Waals surface area contributed by atoms with Crippen molar-refractivity contribution in [3.63, 3.8) is 0 Å². The van der Waals surface area contributed by atoms with Crippen LogP contribution in [-0.2, 0) is 4.74 Å². The number of hydrogen-bond acceptors (Lipinski definition) is 3. The van der Waals surface area contributed by atoms with Crippen LogP contribution in [0, 0.1) is 37.5 Å². The van der Waals surface area contributed by atoms with Crippen molar-refractivity contribution >= 4 is 0 Å². The largest absolute Gasteiger partial charge is 0.387 e. The number of benzene rings is 1. The normalized spacial score (nSPS) is 19.7. The number of nitrogens with zero attached hydrogens (tertiary/aromatic N) is 1. The third-order valence-electron chi connectivity index (χ3n) is 4.14. The van der Waals surface area contributed by atoms with Crippen molar-refractivity contribution in [3.8, 4) is 6.07 Å². The van der Waals surface area contributed by atoms with E-state index in [1.165, 1.54) is 5.56 Å². The van der Waals surface area contributed by atoms with Crippen molar-refractivity contribution in [1.82, 2.24) is 0 Å². The Morgan fingerprint density at radius 3 is 2.21 bits per heavy atom. The standard InChI is InChI=1S/C16H21NO2/c1-11-8-12(2)14(13(3)9-11)15(18)16(10-17)4-6-19-7-5-16/h8-9,15,18H,4-7H2,1-3H3. The van der Waals surface area contributed by atoms with Gasteiger partial charge in [0, 0.05) is 13.2 Å². The summed E-state index contributed by atoms with van der Waals surface area (Å²) in [5.74, 6) is 0. The summed E-state index contributed by atoms with van der Waals surface area (Å²) in [6, 6.07) is 6.49. The van der Waals surface area contributed by atoms with Gasteiger partial charge in [-0.25, -0.2) is 0 Å². The molecule has 0 aliphatic carbocycles. The molecule has 0 amide bonds. The average molecular weight is 259 g/mol. The maximum atomic E-state index is 10.8. The molecule has 0 bridgehead atoms. The molecule has 1 aromatic carbocycles. The van der Waals surface area contributed by atoms with E-state index in [0.717, 1.165) is 16.7 Å². The quantitative estimate of drug-likeness (QED) is 0.888. The number of ether oxygens (including phenoxy) is 1. The van der Waals surface area contributed by atoms with Crippen molar-refractivity contribution in [2.75, 3.05) is 13.2 Å². The van der Waals surface area contributed by atoms with Crippen molar-refractivity contribution in [3.05, 3.63) is 34.4 Å². The molecule has 3 heteroatoms. The zero-order valence-electron chi connectivity index (χ0n) is 11.9. The van der Waals surface area contributed by atoms with E-state index in [0.29, 0.717) is 26.1 Å². The molecular weight excluding hydrogens is 238 g/mol. The molecule has 1 N–H and O–H groups in total. The van der Waals surface area contributed by atoms with Gasteiger partial charge in [0.1, 0.15) is 0 Å². The number of nitriles is 1. The molecule has 19 heavy (non-hydrogen) atoms. The van der Waals surface area contributed by atoms with Crippen LogP contribution in [0.25, 0.3) is 0 Å². The molecule has 3 nitrogen and oxygen atoms in total. The molecule has 1 saturated heterocycles. The van der Waals surface area contributed by atoms with Crippen LogP contribution in [0.3, 0.4) is 0 Å². The Kier molecular flexibility index (Phi) is 3.93. The second kappa shape index (κ2) is 5.32. The Labute approximate surface area is 114 Å². The fourth-order valence-corrected chi connectivity index (χ4v) is 3.08. The first-order valence-electron chi connectivity index (χ1n) is 6.75. The molecule has 1 atom stereocenters. The van der Waals surface area contributed by atoms with E-state index in [1.54, 1.807) is 0 Å². The molecular formula is C16H21NO2. The highest BCUT2D eigenvalue weighted by molar-refractivity contribution is 5.40. The Morgan fingerprint density at radius 1 is 1.21 bits per heavy atom. The summed E-state index contributed by atoms with van der Waals surface area (Å²) in [5.41, 5.74) is 3.51. The van der Waals surface area contributed by atoms with Gasteiger partial charge in [0.15, 0.2) is 0 Å². The minimum atomic E-state index is -0.734. The highest BCUT2D eigenvalue weighted by Crippen LogP contribution is 2.43. The fraction of sp³-hybridized carbons (Fsp3) is 0.562. The fourth-order valence-electron chi connectivity index (χ4n) is 3.08.